The molecule has 1 fully saturated rings. The number of hydrogen-bond donors (Lipinski definition) is 1. The molecule has 1 aromatic rings. The molecule has 20 heavy (non-hydrogen) atoms. The number of benzene rings is 1. The maximum absolute atomic E-state index is 12.2. The third-order valence-electron chi connectivity index (χ3n) is 3.47. The lowest BCUT2D eigenvalue weighted by molar-refractivity contribution is -0.0663. The van der Waals surface area contributed by atoms with E-state index in [1.807, 2.05) is 33.8 Å². The predicted molar refractivity (Wildman–Crippen MR) is 74.3 cm³/mol. The molecule has 0 spiro atoms. The molecular formula is C15H21F2NO2. The molecule has 0 aliphatic carbocycles. The first-order valence-electron chi connectivity index (χ1n) is 6.70. The van der Waals surface area contributed by atoms with Gasteiger partial charge < -0.3 is 14.8 Å². The van der Waals surface area contributed by atoms with Crippen LogP contribution in [0.1, 0.15) is 34.1 Å². The summed E-state index contributed by atoms with van der Waals surface area (Å²) >= 11 is 0. The summed E-state index contributed by atoms with van der Waals surface area (Å²) < 4.78 is 34.8. The van der Waals surface area contributed by atoms with Gasteiger partial charge in [-0.25, -0.2) is 0 Å². The van der Waals surface area contributed by atoms with Gasteiger partial charge in [-0.2, -0.15) is 8.78 Å². The minimum Gasteiger partial charge on any atom is -0.435 e. The predicted octanol–water partition coefficient (Wildman–Crippen LogP) is 4.05. The molecule has 1 aliphatic heterocycles. The normalized spacial score (nSPS) is 23.9. The molecular weight excluding hydrogens is 264 g/mol. The van der Waals surface area contributed by atoms with Crippen molar-refractivity contribution in [2.24, 2.45) is 0 Å². The maximum atomic E-state index is 12.2. The average Bonchev–Trinajstić information content (AvgIpc) is 2.45. The number of ether oxygens (including phenoxy) is 2. The lowest BCUT2D eigenvalue weighted by Crippen LogP contribution is -2.38. The first-order valence-corrected chi connectivity index (χ1v) is 6.70. The fourth-order valence-corrected chi connectivity index (χ4v) is 2.75. The molecule has 112 valence electrons. The van der Waals surface area contributed by atoms with Gasteiger partial charge in [0.05, 0.1) is 17.2 Å². The Morgan fingerprint density at radius 3 is 2.55 bits per heavy atom. The minimum absolute atomic E-state index is 0.110. The monoisotopic (exact) mass is 285 g/mol. The largest absolute Gasteiger partial charge is 0.435 e. The van der Waals surface area contributed by atoms with E-state index < -0.39 is 6.61 Å². The van der Waals surface area contributed by atoms with Gasteiger partial charge in [0.1, 0.15) is 5.75 Å². The Bertz CT molecular complexity index is 475. The smallest absolute Gasteiger partial charge is 0.387 e. The molecule has 1 N–H and O–H groups in total. The van der Waals surface area contributed by atoms with Gasteiger partial charge >= 0.3 is 6.61 Å². The summed E-state index contributed by atoms with van der Waals surface area (Å²) in [6, 6.07) is 6.72. The van der Waals surface area contributed by atoms with Crippen molar-refractivity contribution in [2.45, 2.75) is 58.0 Å². The van der Waals surface area contributed by atoms with Gasteiger partial charge in [0.25, 0.3) is 0 Å². The quantitative estimate of drug-likeness (QED) is 0.905. The molecule has 3 nitrogen and oxygen atoms in total. The molecule has 0 amide bonds. The Hall–Kier alpha value is -1.36. The fraction of sp³-hybridized carbons (Fsp3) is 0.600. The van der Waals surface area contributed by atoms with Crippen LogP contribution in [0.5, 0.6) is 5.75 Å². The van der Waals surface area contributed by atoms with Gasteiger partial charge in [0, 0.05) is 11.8 Å². The van der Waals surface area contributed by atoms with E-state index in [4.69, 9.17) is 4.74 Å². The highest BCUT2D eigenvalue weighted by atomic mass is 19.3. The Morgan fingerprint density at radius 2 is 2.00 bits per heavy atom. The molecule has 5 heteroatoms. The van der Waals surface area contributed by atoms with Crippen molar-refractivity contribution in [3.8, 4) is 5.75 Å². The molecule has 0 radical (unpaired) electrons. The van der Waals surface area contributed by atoms with Crippen molar-refractivity contribution in [1.29, 1.82) is 0 Å². The molecule has 1 atom stereocenters. The Kier molecular flexibility index (Phi) is 3.91. The van der Waals surface area contributed by atoms with E-state index in [2.05, 4.69) is 10.1 Å². The van der Waals surface area contributed by atoms with E-state index in [9.17, 15) is 8.78 Å². The third-order valence-corrected chi connectivity index (χ3v) is 3.47. The van der Waals surface area contributed by atoms with E-state index in [-0.39, 0.29) is 23.0 Å². The van der Waals surface area contributed by atoms with Crippen LogP contribution >= 0.6 is 0 Å². The van der Waals surface area contributed by atoms with Crippen LogP contribution < -0.4 is 10.1 Å². The second-order valence-corrected chi connectivity index (χ2v) is 6.27. The number of halogens is 2. The molecule has 2 rings (SSSR count). The molecule has 0 aromatic heterocycles. The number of alkyl halides is 2. The van der Waals surface area contributed by atoms with Crippen LogP contribution in [-0.2, 0) is 4.74 Å². The van der Waals surface area contributed by atoms with Gasteiger partial charge in [-0.1, -0.05) is 6.07 Å². The van der Waals surface area contributed by atoms with Crippen LogP contribution in [0.4, 0.5) is 14.5 Å². The van der Waals surface area contributed by atoms with Crippen molar-refractivity contribution in [3.63, 3.8) is 0 Å². The fourth-order valence-electron chi connectivity index (χ4n) is 2.75. The first-order chi connectivity index (χ1) is 9.18. The lowest BCUT2D eigenvalue weighted by Gasteiger charge is -2.28. The standard InChI is InChI=1S/C15H21F2NO2/c1-14(2)9-12(15(3,4)20-14)18-10-6-5-7-11(8-10)19-13(16)17/h5-8,12-13,18H,9H2,1-4H3. The van der Waals surface area contributed by atoms with E-state index in [1.165, 1.54) is 6.07 Å². The van der Waals surface area contributed by atoms with Crippen LogP contribution in [0, 0.1) is 0 Å². The maximum Gasteiger partial charge on any atom is 0.387 e. The van der Waals surface area contributed by atoms with Crippen LogP contribution in [-0.4, -0.2) is 23.9 Å². The van der Waals surface area contributed by atoms with Crippen molar-refractivity contribution < 1.29 is 18.3 Å². The number of rotatable bonds is 4. The molecule has 1 heterocycles. The molecule has 0 saturated carbocycles. The van der Waals surface area contributed by atoms with Crippen molar-refractivity contribution in [1.82, 2.24) is 0 Å². The highest BCUT2D eigenvalue weighted by Crippen LogP contribution is 2.39. The van der Waals surface area contributed by atoms with Crippen molar-refractivity contribution in [2.75, 3.05) is 5.32 Å². The number of anilines is 1. The summed E-state index contributed by atoms with van der Waals surface area (Å²) in [5, 5.41) is 3.35. The highest BCUT2D eigenvalue weighted by Gasteiger charge is 2.45. The Labute approximate surface area is 118 Å². The topological polar surface area (TPSA) is 30.5 Å². The summed E-state index contributed by atoms with van der Waals surface area (Å²) in [5.74, 6) is 0.154. The summed E-state index contributed by atoms with van der Waals surface area (Å²) in [5.41, 5.74) is 0.240. The van der Waals surface area contributed by atoms with E-state index >= 15 is 0 Å². The van der Waals surface area contributed by atoms with Crippen LogP contribution in [0.15, 0.2) is 24.3 Å². The van der Waals surface area contributed by atoms with Gasteiger partial charge in [0.15, 0.2) is 0 Å². The van der Waals surface area contributed by atoms with E-state index in [1.54, 1.807) is 12.1 Å². The van der Waals surface area contributed by atoms with Gasteiger partial charge in [-0.15, -0.1) is 0 Å². The molecule has 1 saturated heterocycles. The molecule has 1 aliphatic rings. The summed E-state index contributed by atoms with van der Waals surface area (Å²) in [7, 11) is 0. The number of hydrogen-bond acceptors (Lipinski definition) is 3. The highest BCUT2D eigenvalue weighted by molar-refractivity contribution is 5.49. The summed E-state index contributed by atoms with van der Waals surface area (Å²) in [4.78, 5) is 0. The van der Waals surface area contributed by atoms with Gasteiger partial charge in [0.2, 0.25) is 0 Å². The zero-order chi connectivity index (χ0) is 15.0. The van der Waals surface area contributed by atoms with Crippen LogP contribution in [0.2, 0.25) is 0 Å². The van der Waals surface area contributed by atoms with Crippen LogP contribution in [0.3, 0.4) is 0 Å². The third kappa shape index (κ3) is 3.60. The van der Waals surface area contributed by atoms with Gasteiger partial charge in [-0.05, 0) is 46.2 Å². The van der Waals surface area contributed by atoms with Gasteiger partial charge in [-0.3, -0.25) is 0 Å². The number of nitrogens with one attached hydrogen (secondary N) is 1. The molecule has 1 aromatic carbocycles. The average molecular weight is 285 g/mol. The SMILES string of the molecule is CC1(C)CC(Nc2cccc(OC(F)F)c2)C(C)(C)O1. The van der Waals surface area contributed by atoms with Crippen molar-refractivity contribution >= 4 is 5.69 Å². The Balaban J connectivity index is 2.10. The molecule has 0 bridgehead atoms. The minimum atomic E-state index is -2.81. The molecule has 1 unspecified atom stereocenters. The second-order valence-electron chi connectivity index (χ2n) is 6.27. The zero-order valence-corrected chi connectivity index (χ0v) is 12.2. The van der Waals surface area contributed by atoms with Crippen LogP contribution in [0.25, 0.3) is 0 Å². The lowest BCUT2D eigenvalue weighted by atomic mass is 9.94. The second kappa shape index (κ2) is 5.20. The summed E-state index contributed by atoms with van der Waals surface area (Å²) in [6.07, 6.45) is 0.847. The first kappa shape index (κ1) is 15.0. The zero-order valence-electron chi connectivity index (χ0n) is 12.2. The Morgan fingerprint density at radius 1 is 1.30 bits per heavy atom. The van der Waals surface area contributed by atoms with E-state index in [0.717, 1.165) is 12.1 Å². The van der Waals surface area contributed by atoms with Crippen molar-refractivity contribution in [3.05, 3.63) is 24.3 Å². The summed E-state index contributed by atoms with van der Waals surface area (Å²) in [6.45, 7) is 5.34. The van der Waals surface area contributed by atoms with E-state index in [0.29, 0.717) is 0 Å².